The van der Waals surface area contributed by atoms with Gasteiger partial charge in [-0.05, 0) is 37.1 Å². The van der Waals surface area contributed by atoms with Crippen LogP contribution in [0, 0.1) is 0 Å². The number of hydrogen-bond acceptors (Lipinski definition) is 7. The van der Waals surface area contributed by atoms with Crippen molar-refractivity contribution >= 4 is 22.8 Å². The summed E-state index contributed by atoms with van der Waals surface area (Å²) in [4.78, 5) is 26.8. The number of piperidine rings is 1. The van der Waals surface area contributed by atoms with Crippen LogP contribution in [-0.4, -0.2) is 48.6 Å². The van der Waals surface area contributed by atoms with Crippen molar-refractivity contribution in [2.24, 2.45) is 0 Å². The van der Waals surface area contributed by atoms with Gasteiger partial charge < -0.3 is 15.4 Å². The summed E-state index contributed by atoms with van der Waals surface area (Å²) in [6.45, 7) is 4.85. The predicted molar refractivity (Wildman–Crippen MR) is 125 cm³/mol. The van der Waals surface area contributed by atoms with E-state index < -0.39 is 0 Å². The topological polar surface area (TPSA) is 112 Å². The zero-order chi connectivity index (χ0) is 22.8. The van der Waals surface area contributed by atoms with Gasteiger partial charge in [0.15, 0.2) is 5.65 Å². The number of carbonyl (C=O) groups is 1. The molecular weight excluding hydrogens is 418 g/mol. The maximum Gasteiger partial charge on any atom is 0.245 e. The van der Waals surface area contributed by atoms with E-state index in [1.165, 1.54) is 12.4 Å². The summed E-state index contributed by atoms with van der Waals surface area (Å²) in [7, 11) is 0. The molecule has 1 aromatic carbocycles. The van der Waals surface area contributed by atoms with Crippen molar-refractivity contribution in [3.05, 3.63) is 67.6 Å². The van der Waals surface area contributed by atoms with E-state index in [-0.39, 0.29) is 11.9 Å². The lowest BCUT2D eigenvalue weighted by Gasteiger charge is -2.31. The Hall–Kier alpha value is -4.27. The summed E-state index contributed by atoms with van der Waals surface area (Å²) in [5, 5.41) is 5.57. The number of benzene rings is 1. The highest BCUT2D eigenvalue weighted by molar-refractivity contribution is 5.98. The van der Waals surface area contributed by atoms with Crippen LogP contribution < -0.4 is 10.5 Å². The molecule has 1 saturated heterocycles. The minimum Gasteiger partial charge on any atom is -0.439 e. The molecule has 1 amide bonds. The summed E-state index contributed by atoms with van der Waals surface area (Å²) < 4.78 is 7.70. The molecule has 4 heterocycles. The SMILES string of the molecule is C=CC(=O)N1CCC(n2nc(-c3ccc(Oc4ccccc4)nc3)c3c(N)ncnc32)CC1. The molecule has 1 fully saturated rings. The molecule has 3 aromatic heterocycles. The lowest BCUT2D eigenvalue weighted by Crippen LogP contribution is -2.38. The molecule has 9 heteroatoms. The van der Waals surface area contributed by atoms with Crippen LogP contribution >= 0.6 is 0 Å². The Balaban J connectivity index is 1.46. The largest absolute Gasteiger partial charge is 0.439 e. The number of hydrogen-bond donors (Lipinski definition) is 1. The number of rotatable bonds is 5. The van der Waals surface area contributed by atoms with Crippen LogP contribution in [0.5, 0.6) is 11.6 Å². The summed E-state index contributed by atoms with van der Waals surface area (Å²) in [5.74, 6) is 1.52. The van der Waals surface area contributed by atoms with Crippen LogP contribution in [0.3, 0.4) is 0 Å². The van der Waals surface area contributed by atoms with Crippen molar-refractivity contribution in [3.63, 3.8) is 0 Å². The number of likely N-dealkylation sites (tertiary alicyclic amines) is 1. The molecular formula is C24H23N7O2. The van der Waals surface area contributed by atoms with Gasteiger partial charge in [0.2, 0.25) is 11.8 Å². The first kappa shape index (κ1) is 20.6. The highest BCUT2D eigenvalue weighted by atomic mass is 16.5. The maximum absolute atomic E-state index is 11.9. The molecule has 1 aliphatic heterocycles. The molecule has 0 aliphatic carbocycles. The number of fused-ring (bicyclic) bond motifs is 1. The number of ether oxygens (including phenoxy) is 1. The second-order valence-corrected chi connectivity index (χ2v) is 7.81. The Labute approximate surface area is 190 Å². The van der Waals surface area contributed by atoms with Crippen molar-refractivity contribution in [2.75, 3.05) is 18.8 Å². The molecule has 0 bridgehead atoms. The Morgan fingerprint density at radius 1 is 1.09 bits per heavy atom. The number of amides is 1. The van der Waals surface area contributed by atoms with Gasteiger partial charge in [-0.25, -0.2) is 19.6 Å². The molecule has 2 N–H and O–H groups in total. The van der Waals surface area contributed by atoms with E-state index in [1.54, 1.807) is 17.2 Å². The normalized spacial score (nSPS) is 14.4. The van der Waals surface area contributed by atoms with Crippen molar-refractivity contribution in [3.8, 4) is 22.9 Å². The minimum absolute atomic E-state index is 0.0464. The van der Waals surface area contributed by atoms with E-state index in [0.29, 0.717) is 47.3 Å². The Kier molecular flexibility index (Phi) is 5.43. The summed E-state index contributed by atoms with van der Waals surface area (Å²) >= 11 is 0. The van der Waals surface area contributed by atoms with Crippen molar-refractivity contribution in [1.29, 1.82) is 0 Å². The fourth-order valence-electron chi connectivity index (χ4n) is 4.10. The minimum atomic E-state index is -0.0464. The molecule has 4 aromatic rings. The molecule has 0 saturated carbocycles. The van der Waals surface area contributed by atoms with Gasteiger partial charge in [0, 0.05) is 30.9 Å². The first-order valence-electron chi connectivity index (χ1n) is 10.7. The van der Waals surface area contributed by atoms with E-state index in [2.05, 4.69) is 21.5 Å². The fourth-order valence-corrected chi connectivity index (χ4v) is 4.10. The predicted octanol–water partition coefficient (Wildman–Crippen LogP) is 3.61. The quantitative estimate of drug-likeness (QED) is 0.471. The molecule has 0 atom stereocenters. The van der Waals surface area contributed by atoms with Gasteiger partial charge >= 0.3 is 0 Å². The number of nitrogens with zero attached hydrogens (tertiary/aromatic N) is 6. The zero-order valence-corrected chi connectivity index (χ0v) is 18.0. The van der Waals surface area contributed by atoms with Gasteiger partial charge in [-0.1, -0.05) is 24.8 Å². The van der Waals surface area contributed by atoms with E-state index >= 15 is 0 Å². The molecule has 166 valence electrons. The molecule has 0 unspecified atom stereocenters. The third-order valence-electron chi connectivity index (χ3n) is 5.79. The van der Waals surface area contributed by atoms with Gasteiger partial charge in [0.25, 0.3) is 0 Å². The highest BCUT2D eigenvalue weighted by Gasteiger charge is 2.27. The molecule has 9 nitrogen and oxygen atoms in total. The van der Waals surface area contributed by atoms with Gasteiger partial charge in [0.05, 0.1) is 11.4 Å². The van der Waals surface area contributed by atoms with Crippen molar-refractivity contribution in [1.82, 2.24) is 29.6 Å². The van der Waals surface area contributed by atoms with Crippen LogP contribution in [0.2, 0.25) is 0 Å². The monoisotopic (exact) mass is 441 g/mol. The smallest absolute Gasteiger partial charge is 0.245 e. The molecule has 1 aliphatic rings. The van der Waals surface area contributed by atoms with Crippen LogP contribution in [0.15, 0.2) is 67.6 Å². The molecule has 33 heavy (non-hydrogen) atoms. The zero-order valence-electron chi connectivity index (χ0n) is 18.0. The first-order chi connectivity index (χ1) is 16.1. The highest BCUT2D eigenvalue weighted by Crippen LogP contribution is 2.34. The summed E-state index contributed by atoms with van der Waals surface area (Å²) in [6.07, 6.45) is 6.05. The van der Waals surface area contributed by atoms with Crippen molar-refractivity contribution in [2.45, 2.75) is 18.9 Å². The number of nitrogen functional groups attached to an aromatic ring is 1. The third kappa shape index (κ3) is 4.00. The number of aromatic nitrogens is 5. The number of para-hydroxylation sites is 1. The van der Waals surface area contributed by atoms with E-state index in [1.807, 2.05) is 41.1 Å². The van der Waals surface area contributed by atoms with Crippen molar-refractivity contribution < 1.29 is 9.53 Å². The second-order valence-electron chi connectivity index (χ2n) is 7.81. The van der Waals surface area contributed by atoms with Gasteiger partial charge in [-0.3, -0.25) is 4.79 Å². The lowest BCUT2D eigenvalue weighted by molar-refractivity contribution is -0.127. The number of pyridine rings is 1. The van der Waals surface area contributed by atoms with E-state index in [9.17, 15) is 4.79 Å². The summed E-state index contributed by atoms with van der Waals surface area (Å²) in [6, 6.07) is 13.3. The van der Waals surface area contributed by atoms with E-state index in [4.69, 9.17) is 15.6 Å². The average Bonchev–Trinajstić information content (AvgIpc) is 3.26. The second kappa shape index (κ2) is 8.70. The molecule has 0 radical (unpaired) electrons. The van der Waals surface area contributed by atoms with Crippen LogP contribution in [0.25, 0.3) is 22.3 Å². The standard InChI is InChI=1S/C24H23N7O2/c1-2-20(32)30-12-10-17(11-13-30)31-24-21(23(25)27-15-28-24)22(29-31)16-8-9-19(26-14-16)33-18-6-4-3-5-7-18/h2-9,14-15,17H,1,10-13H2,(H2,25,27,28). The number of nitrogens with two attached hydrogens (primary N) is 1. The van der Waals surface area contributed by atoms with Gasteiger partial charge in [0.1, 0.15) is 23.6 Å². The van der Waals surface area contributed by atoms with E-state index in [0.717, 1.165) is 18.4 Å². The van der Waals surface area contributed by atoms with Crippen LogP contribution in [0.1, 0.15) is 18.9 Å². The maximum atomic E-state index is 11.9. The Bertz CT molecular complexity index is 1290. The lowest BCUT2D eigenvalue weighted by atomic mass is 10.1. The third-order valence-corrected chi connectivity index (χ3v) is 5.79. The number of anilines is 1. The van der Waals surface area contributed by atoms with Crippen LogP contribution in [0.4, 0.5) is 5.82 Å². The molecule has 5 rings (SSSR count). The average molecular weight is 441 g/mol. The van der Waals surface area contributed by atoms with Gasteiger partial charge in [-0.15, -0.1) is 0 Å². The van der Waals surface area contributed by atoms with Crippen LogP contribution in [-0.2, 0) is 4.79 Å². The fraction of sp³-hybridized carbons (Fsp3) is 0.208. The summed E-state index contributed by atoms with van der Waals surface area (Å²) in [5.41, 5.74) is 8.38. The Morgan fingerprint density at radius 3 is 2.58 bits per heavy atom. The molecule has 0 spiro atoms. The first-order valence-corrected chi connectivity index (χ1v) is 10.7. The Morgan fingerprint density at radius 2 is 1.88 bits per heavy atom. The van der Waals surface area contributed by atoms with Gasteiger partial charge in [-0.2, -0.15) is 5.10 Å². The number of carbonyl (C=O) groups excluding carboxylic acids is 1.